The normalized spacial score (nSPS) is 15.3. The second kappa shape index (κ2) is 8.20. The van der Waals surface area contributed by atoms with Gasteiger partial charge in [0.25, 0.3) is 5.91 Å². The highest BCUT2D eigenvalue weighted by Crippen LogP contribution is 2.27. The van der Waals surface area contributed by atoms with E-state index in [0.717, 1.165) is 36.7 Å². The summed E-state index contributed by atoms with van der Waals surface area (Å²) in [7, 11) is 1.60. The van der Waals surface area contributed by atoms with Crippen LogP contribution in [0.3, 0.4) is 0 Å². The Balaban J connectivity index is 1.52. The van der Waals surface area contributed by atoms with Crippen molar-refractivity contribution in [2.75, 3.05) is 26.0 Å². The Morgan fingerprint density at radius 1 is 1.21 bits per heavy atom. The molecule has 0 aliphatic carbocycles. The van der Waals surface area contributed by atoms with Crippen LogP contribution in [0.15, 0.2) is 53.7 Å². The topological polar surface area (TPSA) is 42.4 Å². The SMILES string of the molecule is COc1ccccc1C(=O)N1CCC(CSc2ccccn2)CC1. The van der Waals surface area contributed by atoms with Crippen molar-refractivity contribution in [3.63, 3.8) is 0 Å². The maximum atomic E-state index is 12.7. The van der Waals surface area contributed by atoms with Crippen molar-refractivity contribution in [2.45, 2.75) is 17.9 Å². The average Bonchev–Trinajstić information content (AvgIpc) is 2.67. The van der Waals surface area contributed by atoms with Crippen LogP contribution < -0.4 is 4.74 Å². The van der Waals surface area contributed by atoms with E-state index in [9.17, 15) is 4.79 Å². The maximum Gasteiger partial charge on any atom is 0.257 e. The molecule has 1 aliphatic rings. The van der Waals surface area contributed by atoms with E-state index in [0.29, 0.717) is 17.2 Å². The average molecular weight is 342 g/mol. The third-order valence-electron chi connectivity index (χ3n) is 4.34. The fraction of sp³-hybridized carbons (Fsp3) is 0.368. The standard InChI is InChI=1S/C19H22N2O2S/c1-23-17-7-3-2-6-16(17)19(22)21-12-9-15(10-13-21)14-24-18-8-4-5-11-20-18/h2-8,11,15H,9-10,12-14H2,1H3. The molecule has 0 atom stereocenters. The summed E-state index contributed by atoms with van der Waals surface area (Å²) in [6.07, 6.45) is 3.91. The second-order valence-electron chi connectivity index (χ2n) is 5.91. The van der Waals surface area contributed by atoms with E-state index in [1.807, 2.05) is 53.6 Å². The van der Waals surface area contributed by atoms with Crippen molar-refractivity contribution >= 4 is 17.7 Å². The van der Waals surface area contributed by atoms with Crippen molar-refractivity contribution in [2.24, 2.45) is 5.92 Å². The zero-order chi connectivity index (χ0) is 16.8. The number of para-hydroxylation sites is 1. The van der Waals surface area contributed by atoms with Gasteiger partial charge in [-0.05, 0) is 43.0 Å². The molecule has 5 heteroatoms. The quantitative estimate of drug-likeness (QED) is 0.777. The number of benzene rings is 1. The van der Waals surface area contributed by atoms with Crippen LogP contribution in [0, 0.1) is 5.92 Å². The van der Waals surface area contributed by atoms with Crippen LogP contribution in [0.1, 0.15) is 23.2 Å². The first kappa shape index (κ1) is 16.8. The van der Waals surface area contributed by atoms with Crippen LogP contribution in [0.4, 0.5) is 0 Å². The molecule has 0 N–H and O–H groups in total. The van der Waals surface area contributed by atoms with Gasteiger partial charge < -0.3 is 9.64 Å². The maximum absolute atomic E-state index is 12.7. The van der Waals surface area contributed by atoms with Crippen molar-refractivity contribution in [3.8, 4) is 5.75 Å². The predicted octanol–water partition coefficient (Wildman–Crippen LogP) is 3.73. The Labute approximate surface area is 147 Å². The van der Waals surface area contributed by atoms with Crippen LogP contribution in [0.2, 0.25) is 0 Å². The number of methoxy groups -OCH3 is 1. The fourth-order valence-electron chi connectivity index (χ4n) is 2.93. The van der Waals surface area contributed by atoms with Crippen LogP contribution in [0.25, 0.3) is 0 Å². The van der Waals surface area contributed by atoms with E-state index < -0.39 is 0 Å². The third kappa shape index (κ3) is 4.09. The molecule has 1 aromatic heterocycles. The summed E-state index contributed by atoms with van der Waals surface area (Å²) in [5.74, 6) is 2.42. The second-order valence-corrected chi connectivity index (χ2v) is 6.96. The zero-order valence-corrected chi connectivity index (χ0v) is 14.7. The summed E-state index contributed by atoms with van der Waals surface area (Å²) in [6.45, 7) is 1.62. The van der Waals surface area contributed by atoms with Crippen LogP contribution in [0.5, 0.6) is 5.75 Å². The lowest BCUT2D eigenvalue weighted by molar-refractivity contribution is 0.0695. The van der Waals surface area contributed by atoms with Gasteiger partial charge in [0.05, 0.1) is 17.7 Å². The summed E-state index contributed by atoms with van der Waals surface area (Å²) in [6, 6.07) is 13.4. The monoisotopic (exact) mass is 342 g/mol. The Morgan fingerprint density at radius 3 is 2.67 bits per heavy atom. The Morgan fingerprint density at radius 2 is 1.96 bits per heavy atom. The first-order chi connectivity index (χ1) is 11.8. The molecule has 2 heterocycles. The van der Waals surface area contributed by atoms with Gasteiger partial charge in [0, 0.05) is 25.0 Å². The van der Waals surface area contributed by atoms with Gasteiger partial charge >= 0.3 is 0 Å². The van der Waals surface area contributed by atoms with Gasteiger partial charge in [-0.25, -0.2) is 4.98 Å². The van der Waals surface area contributed by atoms with Crippen LogP contribution in [-0.4, -0.2) is 41.7 Å². The lowest BCUT2D eigenvalue weighted by atomic mass is 9.98. The van der Waals surface area contributed by atoms with E-state index >= 15 is 0 Å². The van der Waals surface area contributed by atoms with Crippen LogP contribution >= 0.6 is 11.8 Å². The minimum absolute atomic E-state index is 0.0725. The van der Waals surface area contributed by atoms with E-state index in [2.05, 4.69) is 4.98 Å². The van der Waals surface area contributed by atoms with E-state index in [1.54, 1.807) is 18.9 Å². The van der Waals surface area contributed by atoms with E-state index in [4.69, 9.17) is 4.74 Å². The minimum atomic E-state index is 0.0725. The highest BCUT2D eigenvalue weighted by molar-refractivity contribution is 7.99. The van der Waals surface area contributed by atoms with Gasteiger partial charge in [0.1, 0.15) is 5.75 Å². The number of thioether (sulfide) groups is 1. The molecule has 0 spiro atoms. The molecule has 1 fully saturated rings. The number of nitrogens with zero attached hydrogens (tertiary/aromatic N) is 2. The van der Waals surface area contributed by atoms with Crippen molar-refractivity contribution in [3.05, 3.63) is 54.2 Å². The molecule has 4 nitrogen and oxygen atoms in total. The first-order valence-corrected chi connectivity index (χ1v) is 9.22. The Hall–Kier alpha value is -2.01. The number of carbonyl (C=O) groups is 1. The first-order valence-electron chi connectivity index (χ1n) is 8.24. The third-order valence-corrected chi connectivity index (χ3v) is 5.52. The number of hydrogen-bond donors (Lipinski definition) is 0. The molecule has 1 amide bonds. The molecule has 0 bridgehead atoms. The van der Waals surface area contributed by atoms with Gasteiger partial charge in [0.2, 0.25) is 0 Å². The van der Waals surface area contributed by atoms with Crippen molar-refractivity contribution in [1.29, 1.82) is 0 Å². The lowest BCUT2D eigenvalue weighted by Gasteiger charge is -2.32. The molecule has 1 aliphatic heterocycles. The number of amides is 1. The van der Waals surface area contributed by atoms with Gasteiger partial charge in [-0.3, -0.25) is 4.79 Å². The molecule has 24 heavy (non-hydrogen) atoms. The smallest absolute Gasteiger partial charge is 0.257 e. The molecular formula is C19H22N2O2S. The minimum Gasteiger partial charge on any atom is -0.496 e. The Kier molecular flexibility index (Phi) is 5.75. The molecule has 2 aromatic rings. The molecule has 0 saturated carbocycles. The van der Waals surface area contributed by atoms with Crippen molar-refractivity contribution in [1.82, 2.24) is 9.88 Å². The molecule has 0 unspecified atom stereocenters. The number of ether oxygens (including phenoxy) is 1. The van der Waals surface area contributed by atoms with Gasteiger partial charge in [-0.1, -0.05) is 18.2 Å². The fourth-order valence-corrected chi connectivity index (χ4v) is 3.98. The van der Waals surface area contributed by atoms with Gasteiger partial charge in [-0.2, -0.15) is 0 Å². The number of hydrogen-bond acceptors (Lipinski definition) is 4. The number of aromatic nitrogens is 1. The number of rotatable bonds is 5. The molecule has 126 valence electrons. The largest absolute Gasteiger partial charge is 0.496 e. The summed E-state index contributed by atoms with van der Waals surface area (Å²) in [5.41, 5.74) is 0.654. The lowest BCUT2D eigenvalue weighted by Crippen LogP contribution is -2.39. The number of pyridine rings is 1. The van der Waals surface area contributed by atoms with Crippen molar-refractivity contribution < 1.29 is 9.53 Å². The molecule has 0 radical (unpaired) electrons. The highest BCUT2D eigenvalue weighted by Gasteiger charge is 2.25. The predicted molar refractivity (Wildman–Crippen MR) is 96.6 cm³/mol. The molecule has 1 saturated heterocycles. The number of likely N-dealkylation sites (tertiary alicyclic amines) is 1. The van der Waals surface area contributed by atoms with Gasteiger partial charge in [-0.15, -0.1) is 11.8 Å². The zero-order valence-electron chi connectivity index (χ0n) is 13.9. The van der Waals surface area contributed by atoms with E-state index in [-0.39, 0.29) is 5.91 Å². The highest BCUT2D eigenvalue weighted by atomic mass is 32.2. The summed E-state index contributed by atoms with van der Waals surface area (Å²) in [5, 5.41) is 1.07. The molecule has 3 rings (SSSR count). The number of piperidine rings is 1. The van der Waals surface area contributed by atoms with Crippen LogP contribution in [-0.2, 0) is 0 Å². The number of carbonyl (C=O) groups excluding carboxylic acids is 1. The Bertz CT molecular complexity index is 670. The van der Waals surface area contributed by atoms with E-state index in [1.165, 1.54) is 0 Å². The molecule has 1 aromatic carbocycles. The van der Waals surface area contributed by atoms with Gasteiger partial charge in [0.15, 0.2) is 0 Å². The summed E-state index contributed by atoms with van der Waals surface area (Å²) >= 11 is 1.80. The molecular weight excluding hydrogens is 320 g/mol. The summed E-state index contributed by atoms with van der Waals surface area (Å²) in [4.78, 5) is 19.0. The summed E-state index contributed by atoms with van der Waals surface area (Å²) < 4.78 is 5.31.